The largest absolute Gasteiger partial charge is 0.453 e. The second kappa shape index (κ2) is 8.29. The van der Waals surface area contributed by atoms with Gasteiger partial charge in [0.25, 0.3) is 5.91 Å². The van der Waals surface area contributed by atoms with E-state index >= 15 is 0 Å². The van der Waals surface area contributed by atoms with Crippen molar-refractivity contribution in [2.75, 3.05) is 5.32 Å². The monoisotopic (exact) mass is 329 g/mol. The van der Waals surface area contributed by atoms with E-state index in [0.717, 1.165) is 5.56 Å². The SMILES string of the molecule is CC(C)n1nccc1NC(=O)[C@@H](C)OC(=O)CCc1ccccc1. The second-order valence-corrected chi connectivity index (χ2v) is 5.86. The van der Waals surface area contributed by atoms with Gasteiger partial charge in [-0.15, -0.1) is 0 Å². The molecule has 1 atom stereocenters. The van der Waals surface area contributed by atoms with E-state index in [1.165, 1.54) is 0 Å². The highest BCUT2D eigenvalue weighted by Crippen LogP contribution is 2.14. The number of benzene rings is 1. The van der Waals surface area contributed by atoms with Crippen molar-refractivity contribution in [1.82, 2.24) is 9.78 Å². The van der Waals surface area contributed by atoms with Gasteiger partial charge in [-0.1, -0.05) is 30.3 Å². The molecule has 0 unspecified atom stereocenters. The number of aromatic nitrogens is 2. The molecule has 1 aromatic carbocycles. The predicted octanol–water partition coefficient (Wildman–Crippen LogP) is 2.97. The molecule has 0 radical (unpaired) electrons. The molecule has 1 amide bonds. The zero-order valence-corrected chi connectivity index (χ0v) is 14.2. The number of nitrogens with one attached hydrogen (secondary N) is 1. The Labute approximate surface area is 141 Å². The summed E-state index contributed by atoms with van der Waals surface area (Å²) in [6, 6.07) is 11.5. The van der Waals surface area contributed by atoms with Crippen molar-refractivity contribution < 1.29 is 14.3 Å². The Morgan fingerprint density at radius 2 is 1.88 bits per heavy atom. The van der Waals surface area contributed by atoms with Crippen molar-refractivity contribution in [2.45, 2.75) is 45.8 Å². The van der Waals surface area contributed by atoms with Crippen molar-refractivity contribution >= 4 is 17.7 Å². The maximum absolute atomic E-state index is 12.2. The van der Waals surface area contributed by atoms with Crippen LogP contribution in [0.1, 0.15) is 38.8 Å². The van der Waals surface area contributed by atoms with Crippen LogP contribution in [0.25, 0.3) is 0 Å². The standard InChI is InChI=1S/C18H23N3O3/c1-13(2)21-16(11-12-19-21)20-18(23)14(3)24-17(22)10-9-15-7-5-4-6-8-15/h4-8,11-14H,9-10H2,1-3H3,(H,20,23)/t14-/m1/s1. The molecule has 24 heavy (non-hydrogen) atoms. The molecule has 1 heterocycles. The first-order valence-electron chi connectivity index (χ1n) is 8.05. The predicted molar refractivity (Wildman–Crippen MR) is 91.6 cm³/mol. The number of ether oxygens (including phenoxy) is 1. The minimum atomic E-state index is -0.858. The molecule has 1 aromatic heterocycles. The Morgan fingerprint density at radius 1 is 1.17 bits per heavy atom. The summed E-state index contributed by atoms with van der Waals surface area (Å²) in [5.41, 5.74) is 1.06. The molecule has 0 aliphatic carbocycles. The molecule has 0 bridgehead atoms. The minimum Gasteiger partial charge on any atom is -0.453 e. The molecule has 0 fully saturated rings. The van der Waals surface area contributed by atoms with E-state index in [0.29, 0.717) is 12.2 Å². The number of nitrogens with zero attached hydrogens (tertiary/aromatic N) is 2. The molecule has 6 heteroatoms. The van der Waals surface area contributed by atoms with E-state index in [-0.39, 0.29) is 24.3 Å². The van der Waals surface area contributed by atoms with Crippen LogP contribution in [-0.4, -0.2) is 27.8 Å². The molecule has 0 spiro atoms. The van der Waals surface area contributed by atoms with E-state index in [9.17, 15) is 9.59 Å². The molecule has 0 saturated carbocycles. The lowest BCUT2D eigenvalue weighted by atomic mass is 10.1. The number of anilines is 1. The number of esters is 1. The number of rotatable bonds is 7. The van der Waals surface area contributed by atoms with Gasteiger partial charge in [-0.2, -0.15) is 5.10 Å². The fraction of sp³-hybridized carbons (Fsp3) is 0.389. The first-order valence-corrected chi connectivity index (χ1v) is 8.05. The van der Waals surface area contributed by atoms with Gasteiger partial charge < -0.3 is 10.1 Å². The third-order valence-electron chi connectivity index (χ3n) is 3.55. The van der Waals surface area contributed by atoms with Crippen LogP contribution in [0, 0.1) is 0 Å². The van der Waals surface area contributed by atoms with Crippen molar-refractivity contribution in [2.24, 2.45) is 0 Å². The highest BCUT2D eigenvalue weighted by molar-refractivity contribution is 5.94. The second-order valence-electron chi connectivity index (χ2n) is 5.86. The Morgan fingerprint density at radius 3 is 2.54 bits per heavy atom. The normalized spacial score (nSPS) is 12.0. The summed E-state index contributed by atoms with van der Waals surface area (Å²) >= 11 is 0. The fourth-order valence-corrected chi connectivity index (χ4v) is 2.25. The third kappa shape index (κ3) is 4.94. The fourth-order valence-electron chi connectivity index (χ4n) is 2.25. The Kier molecular flexibility index (Phi) is 6.12. The number of carbonyl (C=O) groups is 2. The van der Waals surface area contributed by atoms with E-state index in [4.69, 9.17) is 4.74 Å². The van der Waals surface area contributed by atoms with Crippen LogP contribution in [0.15, 0.2) is 42.6 Å². The molecule has 2 rings (SSSR count). The number of hydrogen-bond acceptors (Lipinski definition) is 4. The average molecular weight is 329 g/mol. The zero-order chi connectivity index (χ0) is 17.5. The first kappa shape index (κ1) is 17.7. The van der Waals surface area contributed by atoms with Crippen LogP contribution in [-0.2, 0) is 20.7 Å². The Balaban J connectivity index is 1.82. The van der Waals surface area contributed by atoms with Crippen LogP contribution >= 0.6 is 0 Å². The summed E-state index contributed by atoms with van der Waals surface area (Å²) in [5.74, 6) is -0.175. The molecule has 6 nitrogen and oxygen atoms in total. The van der Waals surface area contributed by atoms with Crippen LogP contribution in [0.3, 0.4) is 0 Å². The quantitative estimate of drug-likeness (QED) is 0.793. The summed E-state index contributed by atoms with van der Waals surface area (Å²) in [7, 11) is 0. The molecule has 0 saturated heterocycles. The van der Waals surface area contributed by atoms with Crippen molar-refractivity contribution in [3.63, 3.8) is 0 Å². The van der Waals surface area contributed by atoms with E-state index < -0.39 is 6.10 Å². The van der Waals surface area contributed by atoms with E-state index in [1.807, 2.05) is 44.2 Å². The van der Waals surface area contributed by atoms with Crippen LogP contribution < -0.4 is 5.32 Å². The Bertz CT molecular complexity index is 680. The van der Waals surface area contributed by atoms with Gasteiger partial charge in [-0.25, -0.2) is 4.68 Å². The summed E-state index contributed by atoms with van der Waals surface area (Å²) < 4.78 is 6.90. The highest BCUT2D eigenvalue weighted by atomic mass is 16.5. The third-order valence-corrected chi connectivity index (χ3v) is 3.55. The number of amides is 1. The number of carbonyl (C=O) groups excluding carboxylic acids is 2. The summed E-state index contributed by atoms with van der Waals surface area (Å²) in [6.07, 6.45) is 1.59. The zero-order valence-electron chi connectivity index (χ0n) is 14.2. The first-order chi connectivity index (χ1) is 11.5. The molecular formula is C18H23N3O3. The number of aryl methyl sites for hydroxylation is 1. The average Bonchev–Trinajstić information content (AvgIpc) is 3.02. The van der Waals surface area contributed by atoms with E-state index in [1.54, 1.807) is 23.9 Å². The van der Waals surface area contributed by atoms with Crippen LogP contribution in [0.5, 0.6) is 0 Å². The van der Waals surface area contributed by atoms with Gasteiger partial charge in [0, 0.05) is 18.5 Å². The topological polar surface area (TPSA) is 73.2 Å². The maximum Gasteiger partial charge on any atom is 0.306 e. The summed E-state index contributed by atoms with van der Waals surface area (Å²) in [6.45, 7) is 5.50. The molecule has 0 aliphatic heterocycles. The maximum atomic E-state index is 12.2. The van der Waals surface area contributed by atoms with E-state index in [2.05, 4.69) is 10.4 Å². The van der Waals surface area contributed by atoms with Gasteiger partial charge in [0.1, 0.15) is 5.82 Å². The van der Waals surface area contributed by atoms with Gasteiger partial charge in [0.15, 0.2) is 6.10 Å². The minimum absolute atomic E-state index is 0.124. The lowest BCUT2D eigenvalue weighted by molar-refractivity contribution is -0.153. The van der Waals surface area contributed by atoms with Crippen LogP contribution in [0.4, 0.5) is 5.82 Å². The van der Waals surface area contributed by atoms with Gasteiger partial charge in [0.2, 0.25) is 0 Å². The molecule has 0 aliphatic rings. The van der Waals surface area contributed by atoms with Gasteiger partial charge in [-0.05, 0) is 32.8 Å². The lowest BCUT2D eigenvalue weighted by Crippen LogP contribution is -2.31. The molecule has 128 valence electrons. The molecule has 2 aromatic rings. The summed E-state index contributed by atoms with van der Waals surface area (Å²) in [4.78, 5) is 24.1. The highest BCUT2D eigenvalue weighted by Gasteiger charge is 2.19. The summed E-state index contributed by atoms with van der Waals surface area (Å²) in [5, 5.41) is 6.88. The van der Waals surface area contributed by atoms with Gasteiger partial charge in [-0.3, -0.25) is 9.59 Å². The Hall–Kier alpha value is -2.63. The molecule has 1 N–H and O–H groups in total. The van der Waals surface area contributed by atoms with Crippen LogP contribution in [0.2, 0.25) is 0 Å². The van der Waals surface area contributed by atoms with Crippen molar-refractivity contribution in [3.05, 3.63) is 48.2 Å². The number of hydrogen-bond donors (Lipinski definition) is 1. The molecular weight excluding hydrogens is 306 g/mol. The van der Waals surface area contributed by atoms with Crippen molar-refractivity contribution in [1.29, 1.82) is 0 Å². The van der Waals surface area contributed by atoms with Gasteiger partial charge in [0.05, 0.1) is 6.20 Å². The van der Waals surface area contributed by atoms with Crippen molar-refractivity contribution in [3.8, 4) is 0 Å². The smallest absolute Gasteiger partial charge is 0.306 e. The lowest BCUT2D eigenvalue weighted by Gasteiger charge is -2.15. The van der Waals surface area contributed by atoms with Gasteiger partial charge >= 0.3 is 5.97 Å².